The summed E-state index contributed by atoms with van der Waals surface area (Å²) < 4.78 is 8.45. The molecule has 3 heterocycles. The molecular formula is C22H21N5O. The minimum absolute atomic E-state index is 0.166. The third-order valence-electron chi connectivity index (χ3n) is 5.65. The second-order valence-electron chi connectivity index (χ2n) is 7.35. The third kappa shape index (κ3) is 2.71. The van der Waals surface area contributed by atoms with Gasteiger partial charge in [-0.15, -0.1) is 0 Å². The lowest BCUT2D eigenvalue weighted by Gasteiger charge is -2.14. The van der Waals surface area contributed by atoms with Gasteiger partial charge in [0.1, 0.15) is 11.6 Å². The van der Waals surface area contributed by atoms with E-state index in [1.807, 2.05) is 24.5 Å². The number of nitrogens with zero attached hydrogens (tertiary/aromatic N) is 4. The van der Waals surface area contributed by atoms with Gasteiger partial charge in [-0.05, 0) is 56.0 Å². The highest BCUT2D eigenvalue weighted by Gasteiger charge is 2.31. The Bertz CT molecular complexity index is 1180. The van der Waals surface area contributed by atoms with Crippen LogP contribution in [0.5, 0.6) is 5.75 Å². The maximum atomic E-state index is 8.94. The zero-order chi connectivity index (χ0) is 19.1. The molecule has 1 saturated carbocycles. The number of H-pyrrole nitrogens is 1. The van der Waals surface area contributed by atoms with Crippen LogP contribution in [0.4, 0.5) is 0 Å². The van der Waals surface area contributed by atoms with E-state index in [9.17, 15) is 0 Å². The minimum Gasteiger partial charge on any atom is -0.490 e. The molecule has 2 atom stereocenters. The summed E-state index contributed by atoms with van der Waals surface area (Å²) in [5.41, 5.74) is 4.81. The van der Waals surface area contributed by atoms with Gasteiger partial charge in [0, 0.05) is 12.1 Å². The van der Waals surface area contributed by atoms with Gasteiger partial charge in [-0.3, -0.25) is 4.40 Å². The Kier molecular flexibility index (Phi) is 4.01. The zero-order valence-corrected chi connectivity index (χ0v) is 15.7. The number of rotatable bonds is 4. The Morgan fingerprint density at radius 3 is 2.86 bits per heavy atom. The van der Waals surface area contributed by atoms with Crippen LogP contribution in [0.3, 0.4) is 0 Å². The van der Waals surface area contributed by atoms with Crippen LogP contribution in [-0.4, -0.2) is 25.5 Å². The van der Waals surface area contributed by atoms with Gasteiger partial charge in [-0.2, -0.15) is 5.26 Å². The van der Waals surface area contributed by atoms with E-state index in [4.69, 9.17) is 15.0 Å². The van der Waals surface area contributed by atoms with E-state index >= 15 is 0 Å². The molecule has 28 heavy (non-hydrogen) atoms. The van der Waals surface area contributed by atoms with E-state index in [2.05, 4.69) is 33.4 Å². The number of imidazole rings is 1. The highest BCUT2D eigenvalue weighted by Crippen LogP contribution is 2.37. The lowest BCUT2D eigenvalue weighted by Crippen LogP contribution is -2.12. The molecule has 0 radical (unpaired) electrons. The fourth-order valence-electron chi connectivity index (χ4n) is 4.26. The van der Waals surface area contributed by atoms with Crippen molar-refractivity contribution >= 4 is 16.7 Å². The van der Waals surface area contributed by atoms with E-state index in [1.165, 1.54) is 0 Å². The van der Waals surface area contributed by atoms with Gasteiger partial charge in [-0.1, -0.05) is 6.92 Å². The Balaban J connectivity index is 1.44. The van der Waals surface area contributed by atoms with Crippen LogP contribution in [0, 0.1) is 11.3 Å². The molecule has 1 aliphatic rings. The zero-order valence-electron chi connectivity index (χ0n) is 15.7. The molecule has 5 rings (SSSR count). The molecule has 0 saturated heterocycles. The Hall–Kier alpha value is -3.33. The third-order valence-corrected chi connectivity index (χ3v) is 5.65. The van der Waals surface area contributed by atoms with Gasteiger partial charge in [-0.25, -0.2) is 9.97 Å². The largest absolute Gasteiger partial charge is 0.490 e. The molecule has 140 valence electrons. The van der Waals surface area contributed by atoms with E-state index < -0.39 is 0 Å². The summed E-state index contributed by atoms with van der Waals surface area (Å²) in [4.78, 5) is 12.7. The van der Waals surface area contributed by atoms with Gasteiger partial charge in [0.05, 0.1) is 40.7 Å². The summed E-state index contributed by atoms with van der Waals surface area (Å²) in [6.07, 6.45) is 7.90. The summed E-state index contributed by atoms with van der Waals surface area (Å²) in [5, 5.41) is 8.94. The molecule has 0 amide bonds. The standard InChI is InChI=1S/C22H21N5O/c1-2-18-20-13-25-21-19(9-10-24-21)27(20)22(26-18)15-5-8-17(11-15)28-16-6-3-14(12-23)4-7-16/h3-4,6-7,9-10,13,15,17,24H,2,5,8,11H2,1H3. The first-order chi connectivity index (χ1) is 13.8. The molecule has 2 unspecified atom stereocenters. The number of nitrogens with one attached hydrogen (secondary N) is 1. The van der Waals surface area contributed by atoms with Crippen molar-refractivity contribution in [2.24, 2.45) is 0 Å². The minimum atomic E-state index is 0.166. The highest BCUT2D eigenvalue weighted by molar-refractivity contribution is 5.76. The maximum Gasteiger partial charge on any atom is 0.154 e. The number of aromatic nitrogens is 4. The van der Waals surface area contributed by atoms with Crippen LogP contribution >= 0.6 is 0 Å². The van der Waals surface area contributed by atoms with Crippen LogP contribution in [0.25, 0.3) is 16.7 Å². The van der Waals surface area contributed by atoms with Crippen molar-refractivity contribution in [2.75, 3.05) is 0 Å². The van der Waals surface area contributed by atoms with Gasteiger partial charge in [0.25, 0.3) is 0 Å². The van der Waals surface area contributed by atoms with Gasteiger partial charge in [0.15, 0.2) is 5.65 Å². The van der Waals surface area contributed by atoms with E-state index in [0.29, 0.717) is 11.5 Å². The predicted octanol–water partition coefficient (Wildman–Crippen LogP) is 4.36. The average Bonchev–Trinajstić information content (AvgIpc) is 3.45. The number of nitriles is 1. The molecule has 1 aliphatic carbocycles. The van der Waals surface area contributed by atoms with Gasteiger partial charge in [0.2, 0.25) is 0 Å². The summed E-state index contributed by atoms with van der Waals surface area (Å²) >= 11 is 0. The van der Waals surface area contributed by atoms with Crippen LogP contribution in [0.1, 0.15) is 49.2 Å². The van der Waals surface area contributed by atoms with Gasteiger partial charge >= 0.3 is 0 Å². The molecule has 1 N–H and O–H groups in total. The molecule has 0 spiro atoms. The number of ether oxygens (including phenoxy) is 1. The number of benzene rings is 1. The van der Waals surface area contributed by atoms with Crippen molar-refractivity contribution in [2.45, 2.75) is 44.6 Å². The van der Waals surface area contributed by atoms with Crippen LogP contribution in [-0.2, 0) is 6.42 Å². The molecule has 1 aromatic carbocycles. The van der Waals surface area contributed by atoms with E-state index in [1.54, 1.807) is 12.1 Å². The number of hydrogen-bond acceptors (Lipinski definition) is 4. The summed E-state index contributed by atoms with van der Waals surface area (Å²) in [6, 6.07) is 11.6. The smallest absolute Gasteiger partial charge is 0.154 e. The highest BCUT2D eigenvalue weighted by atomic mass is 16.5. The fraction of sp³-hybridized carbons (Fsp3) is 0.318. The SMILES string of the molecule is CCc1nc(C2CCC(Oc3ccc(C#N)cc3)C2)n2c1cnc1[nH]ccc12. The Morgan fingerprint density at radius 2 is 2.07 bits per heavy atom. The first-order valence-corrected chi connectivity index (χ1v) is 9.77. The second-order valence-corrected chi connectivity index (χ2v) is 7.35. The van der Waals surface area contributed by atoms with Crippen molar-refractivity contribution in [1.29, 1.82) is 5.26 Å². The van der Waals surface area contributed by atoms with Crippen molar-refractivity contribution in [3.05, 3.63) is 59.8 Å². The molecule has 6 heteroatoms. The van der Waals surface area contributed by atoms with E-state index in [-0.39, 0.29) is 6.10 Å². The lowest BCUT2D eigenvalue weighted by molar-refractivity contribution is 0.207. The molecule has 0 bridgehead atoms. The van der Waals surface area contributed by atoms with Crippen molar-refractivity contribution in [3.63, 3.8) is 0 Å². The van der Waals surface area contributed by atoms with E-state index in [0.717, 1.165) is 59.6 Å². The quantitative estimate of drug-likeness (QED) is 0.578. The molecular weight excluding hydrogens is 350 g/mol. The molecule has 4 aromatic rings. The van der Waals surface area contributed by atoms with Gasteiger partial charge < -0.3 is 9.72 Å². The van der Waals surface area contributed by atoms with Crippen LogP contribution < -0.4 is 4.74 Å². The summed E-state index contributed by atoms with van der Waals surface area (Å²) in [7, 11) is 0. The fourth-order valence-corrected chi connectivity index (χ4v) is 4.26. The topological polar surface area (TPSA) is 79.0 Å². The maximum absolute atomic E-state index is 8.94. The first kappa shape index (κ1) is 16.8. The molecule has 3 aromatic heterocycles. The number of aromatic amines is 1. The van der Waals surface area contributed by atoms with Crippen molar-refractivity contribution in [3.8, 4) is 11.8 Å². The van der Waals surface area contributed by atoms with Crippen LogP contribution in [0.15, 0.2) is 42.7 Å². The predicted molar refractivity (Wildman–Crippen MR) is 106 cm³/mol. The number of fused-ring (bicyclic) bond motifs is 3. The molecule has 0 aliphatic heterocycles. The molecule has 1 fully saturated rings. The normalized spacial score (nSPS) is 19.3. The number of aryl methyl sites for hydroxylation is 1. The summed E-state index contributed by atoms with van der Waals surface area (Å²) in [5.74, 6) is 2.30. The van der Waals surface area contributed by atoms with Crippen molar-refractivity contribution in [1.82, 2.24) is 19.4 Å². The summed E-state index contributed by atoms with van der Waals surface area (Å²) in [6.45, 7) is 2.14. The molecule has 6 nitrogen and oxygen atoms in total. The average molecular weight is 371 g/mol. The van der Waals surface area contributed by atoms with Crippen LogP contribution in [0.2, 0.25) is 0 Å². The Labute approximate surface area is 162 Å². The first-order valence-electron chi connectivity index (χ1n) is 9.77. The lowest BCUT2D eigenvalue weighted by atomic mass is 10.1. The second kappa shape index (κ2) is 6.68. The van der Waals surface area contributed by atoms with Crippen molar-refractivity contribution < 1.29 is 4.74 Å². The Morgan fingerprint density at radius 1 is 1.21 bits per heavy atom. The number of hydrogen-bond donors (Lipinski definition) is 1. The monoisotopic (exact) mass is 371 g/mol.